The predicted molar refractivity (Wildman–Crippen MR) is 39.3 cm³/mol. The summed E-state index contributed by atoms with van der Waals surface area (Å²) in [5, 5.41) is 8.48. The molecule has 0 aliphatic heterocycles. The van der Waals surface area contributed by atoms with Gasteiger partial charge in [0.15, 0.2) is 0 Å². The second kappa shape index (κ2) is 3.71. The highest BCUT2D eigenvalue weighted by Gasteiger charge is 2.13. The lowest BCUT2D eigenvalue weighted by molar-refractivity contribution is -0.140. The molecular formula is C7H11NO2. The maximum atomic E-state index is 10.3. The summed E-state index contributed by atoms with van der Waals surface area (Å²) in [6.07, 6.45) is 2.84. The second-order valence-electron chi connectivity index (χ2n) is 1.83. The topological polar surface area (TPSA) is 40.5 Å². The van der Waals surface area contributed by atoms with Gasteiger partial charge in [-0.2, -0.15) is 0 Å². The number of nitrogens with zero attached hydrogens (tertiary/aromatic N) is 1. The van der Waals surface area contributed by atoms with Crippen molar-refractivity contribution in [3.05, 3.63) is 25.6 Å². The number of carboxylic acids is 1. The number of carbonyl (C=O) groups is 1. The van der Waals surface area contributed by atoms with Crippen molar-refractivity contribution in [3.8, 4) is 0 Å². The Morgan fingerprint density at radius 3 is 2.10 bits per heavy atom. The van der Waals surface area contributed by atoms with Gasteiger partial charge in [-0.1, -0.05) is 13.2 Å². The van der Waals surface area contributed by atoms with Gasteiger partial charge in [0.05, 0.1) is 0 Å². The van der Waals surface area contributed by atoms with Crippen molar-refractivity contribution in [2.75, 3.05) is 0 Å². The molecule has 3 heteroatoms. The first kappa shape index (κ1) is 8.75. The Morgan fingerprint density at radius 2 is 2.00 bits per heavy atom. The second-order valence-corrected chi connectivity index (χ2v) is 1.83. The lowest BCUT2D eigenvalue weighted by Crippen LogP contribution is -2.30. The molecule has 0 rings (SSSR count). The molecule has 0 saturated carbocycles. The van der Waals surface area contributed by atoms with Crippen LogP contribution in [-0.4, -0.2) is 22.0 Å². The third-order valence-corrected chi connectivity index (χ3v) is 1.23. The van der Waals surface area contributed by atoms with Crippen LogP contribution in [0.4, 0.5) is 0 Å². The molecule has 0 bridgehead atoms. The molecule has 0 aromatic carbocycles. The van der Waals surface area contributed by atoms with Crippen molar-refractivity contribution in [3.63, 3.8) is 0 Å². The highest BCUT2D eigenvalue weighted by Crippen LogP contribution is 1.98. The molecule has 10 heavy (non-hydrogen) atoms. The average molecular weight is 141 g/mol. The monoisotopic (exact) mass is 141 g/mol. The summed E-state index contributed by atoms with van der Waals surface area (Å²) in [6.45, 7) is 8.41. The third-order valence-electron chi connectivity index (χ3n) is 1.23. The van der Waals surface area contributed by atoms with Crippen LogP contribution in [0.3, 0.4) is 0 Å². The van der Waals surface area contributed by atoms with Crippen LogP contribution in [-0.2, 0) is 4.79 Å². The minimum Gasteiger partial charge on any atom is -0.480 e. The zero-order chi connectivity index (χ0) is 8.15. The van der Waals surface area contributed by atoms with Crippen molar-refractivity contribution in [1.82, 2.24) is 4.90 Å². The zero-order valence-corrected chi connectivity index (χ0v) is 5.95. The van der Waals surface area contributed by atoms with Gasteiger partial charge in [0.25, 0.3) is 0 Å². The van der Waals surface area contributed by atoms with Crippen molar-refractivity contribution in [1.29, 1.82) is 0 Å². The summed E-state index contributed by atoms with van der Waals surface area (Å²) in [4.78, 5) is 11.7. The third kappa shape index (κ3) is 1.93. The molecule has 0 spiro atoms. The van der Waals surface area contributed by atoms with E-state index in [1.807, 2.05) is 0 Å². The van der Waals surface area contributed by atoms with Gasteiger partial charge in [-0.3, -0.25) is 0 Å². The van der Waals surface area contributed by atoms with Crippen molar-refractivity contribution in [2.24, 2.45) is 0 Å². The Kier molecular flexibility index (Phi) is 3.25. The van der Waals surface area contributed by atoms with E-state index >= 15 is 0 Å². The lowest BCUT2D eigenvalue weighted by Gasteiger charge is -2.18. The Balaban J connectivity index is 4.13. The van der Waals surface area contributed by atoms with Crippen LogP contribution in [0.1, 0.15) is 6.92 Å². The van der Waals surface area contributed by atoms with Crippen molar-refractivity contribution in [2.45, 2.75) is 13.0 Å². The zero-order valence-electron chi connectivity index (χ0n) is 5.95. The van der Waals surface area contributed by atoms with Gasteiger partial charge in [-0.15, -0.1) is 0 Å². The minimum atomic E-state index is -0.889. The van der Waals surface area contributed by atoms with E-state index in [0.717, 1.165) is 0 Å². The first-order valence-electron chi connectivity index (χ1n) is 2.88. The molecule has 0 unspecified atom stereocenters. The molecule has 3 nitrogen and oxygen atoms in total. The van der Waals surface area contributed by atoms with Gasteiger partial charge in [0.1, 0.15) is 6.04 Å². The quantitative estimate of drug-likeness (QED) is 0.636. The van der Waals surface area contributed by atoms with E-state index in [-0.39, 0.29) is 0 Å². The SMILES string of the molecule is C=CN(C=C)[C@@H](C)C(=O)O. The molecule has 0 aliphatic rings. The van der Waals surface area contributed by atoms with Gasteiger partial charge >= 0.3 is 5.97 Å². The fraction of sp³-hybridized carbons (Fsp3) is 0.286. The summed E-state index contributed by atoms with van der Waals surface area (Å²) in [6, 6.07) is -0.588. The highest BCUT2D eigenvalue weighted by molar-refractivity contribution is 5.73. The summed E-state index contributed by atoms with van der Waals surface area (Å²) in [7, 11) is 0. The number of aliphatic carboxylic acids is 1. The molecule has 0 aliphatic carbocycles. The first-order chi connectivity index (χ1) is 4.63. The molecule has 1 N–H and O–H groups in total. The summed E-state index contributed by atoms with van der Waals surface area (Å²) >= 11 is 0. The van der Waals surface area contributed by atoms with Crippen molar-refractivity contribution < 1.29 is 9.90 Å². The fourth-order valence-electron chi connectivity index (χ4n) is 0.518. The molecule has 0 saturated heterocycles. The van der Waals surface area contributed by atoms with Gasteiger partial charge in [0, 0.05) is 0 Å². The molecule has 56 valence electrons. The van der Waals surface area contributed by atoms with E-state index in [0.29, 0.717) is 0 Å². The van der Waals surface area contributed by atoms with Crippen LogP contribution < -0.4 is 0 Å². The predicted octanol–water partition coefficient (Wildman–Crippen LogP) is 1.05. The average Bonchev–Trinajstić information content (AvgIpc) is 1.90. The van der Waals surface area contributed by atoms with E-state index < -0.39 is 12.0 Å². The number of rotatable bonds is 4. The van der Waals surface area contributed by atoms with Gasteiger partial charge in [0.2, 0.25) is 0 Å². The van der Waals surface area contributed by atoms with Crippen LogP contribution in [0.25, 0.3) is 0 Å². The smallest absolute Gasteiger partial charge is 0.326 e. The van der Waals surface area contributed by atoms with Crippen molar-refractivity contribution >= 4 is 5.97 Å². The maximum absolute atomic E-state index is 10.3. The molecular weight excluding hydrogens is 130 g/mol. The number of carboxylic acid groups (broad SMARTS) is 1. The number of hydrogen-bond acceptors (Lipinski definition) is 2. The molecule has 0 fully saturated rings. The van der Waals surface area contributed by atoms with Crippen LogP contribution in [0.2, 0.25) is 0 Å². The summed E-state index contributed by atoms with van der Waals surface area (Å²) < 4.78 is 0. The minimum absolute atomic E-state index is 0.588. The van der Waals surface area contributed by atoms with Gasteiger partial charge in [-0.25, -0.2) is 4.79 Å². The number of hydrogen-bond donors (Lipinski definition) is 1. The Hall–Kier alpha value is -1.25. The Bertz CT molecular complexity index is 146. The van der Waals surface area contributed by atoms with Gasteiger partial charge in [-0.05, 0) is 19.3 Å². The van der Waals surface area contributed by atoms with Gasteiger partial charge < -0.3 is 10.0 Å². The van der Waals surface area contributed by atoms with Crippen LogP contribution in [0.15, 0.2) is 25.6 Å². The molecule has 0 amide bonds. The van der Waals surface area contributed by atoms with E-state index in [2.05, 4.69) is 13.2 Å². The van der Waals surface area contributed by atoms with E-state index in [1.54, 1.807) is 6.92 Å². The fourth-order valence-corrected chi connectivity index (χ4v) is 0.518. The maximum Gasteiger partial charge on any atom is 0.326 e. The Morgan fingerprint density at radius 1 is 1.60 bits per heavy atom. The first-order valence-corrected chi connectivity index (χ1v) is 2.88. The standard InChI is InChI=1S/C7H11NO2/c1-4-8(5-2)6(3)7(9)10/h4-6H,1-2H2,3H3,(H,9,10)/t6-/m0/s1. The summed E-state index contributed by atoms with van der Waals surface area (Å²) in [5.74, 6) is -0.889. The molecule has 0 aromatic rings. The molecule has 0 radical (unpaired) electrons. The van der Waals surface area contributed by atoms with Crippen LogP contribution in [0.5, 0.6) is 0 Å². The van der Waals surface area contributed by atoms with E-state index in [9.17, 15) is 4.79 Å². The molecule has 0 heterocycles. The highest BCUT2D eigenvalue weighted by atomic mass is 16.4. The molecule has 1 atom stereocenters. The normalized spacial score (nSPS) is 11.7. The van der Waals surface area contributed by atoms with E-state index in [1.165, 1.54) is 17.3 Å². The Labute approximate surface area is 60.3 Å². The largest absolute Gasteiger partial charge is 0.480 e. The lowest BCUT2D eigenvalue weighted by atomic mass is 10.3. The van der Waals surface area contributed by atoms with E-state index in [4.69, 9.17) is 5.11 Å². The van der Waals surface area contributed by atoms with Crippen LogP contribution >= 0.6 is 0 Å². The molecule has 0 aromatic heterocycles. The van der Waals surface area contributed by atoms with Crippen LogP contribution in [0, 0.1) is 0 Å². The summed E-state index contributed by atoms with van der Waals surface area (Å²) in [5.41, 5.74) is 0.